The van der Waals surface area contributed by atoms with Gasteiger partial charge in [-0.05, 0) is 18.6 Å². The molecule has 0 saturated carbocycles. The van der Waals surface area contributed by atoms with E-state index in [0.29, 0.717) is 17.9 Å². The number of esters is 1. The Labute approximate surface area is 130 Å². The van der Waals surface area contributed by atoms with Crippen molar-refractivity contribution in [3.8, 4) is 12.1 Å². The van der Waals surface area contributed by atoms with Crippen molar-refractivity contribution in [3.05, 3.63) is 35.3 Å². The number of carbonyl (C=O) groups is 1. The van der Waals surface area contributed by atoms with Gasteiger partial charge < -0.3 is 4.74 Å². The quantitative estimate of drug-likeness (QED) is 0.665. The maximum absolute atomic E-state index is 11.6. The molecule has 3 aromatic heterocycles. The summed E-state index contributed by atoms with van der Waals surface area (Å²) in [5.41, 5.74) is 1.80. The van der Waals surface area contributed by atoms with E-state index < -0.39 is 0 Å². The largest absolute Gasteiger partial charge is 0.466 e. The summed E-state index contributed by atoms with van der Waals surface area (Å²) >= 11 is 0. The smallest absolute Gasteiger partial charge is 0.310 e. The van der Waals surface area contributed by atoms with E-state index in [1.54, 1.807) is 29.7 Å². The summed E-state index contributed by atoms with van der Waals surface area (Å²) in [7, 11) is 0. The van der Waals surface area contributed by atoms with E-state index in [4.69, 9.17) is 15.3 Å². The lowest BCUT2D eigenvalue weighted by Gasteiger charge is -2.03. The van der Waals surface area contributed by atoms with E-state index in [-0.39, 0.29) is 29.4 Å². The SMILES string of the molecule is CCOC(=O)Cc1ccc2nc3nc(C#N)c(C#N)nc3n2c1. The summed E-state index contributed by atoms with van der Waals surface area (Å²) in [5, 5.41) is 18.0. The van der Waals surface area contributed by atoms with Crippen LogP contribution in [0.15, 0.2) is 18.3 Å². The van der Waals surface area contributed by atoms with Crippen LogP contribution in [-0.2, 0) is 16.0 Å². The lowest BCUT2D eigenvalue weighted by molar-refractivity contribution is -0.142. The predicted molar refractivity (Wildman–Crippen MR) is 78.1 cm³/mol. The molecule has 0 aliphatic heterocycles. The molecule has 0 amide bonds. The molecule has 0 saturated heterocycles. The molecule has 0 atom stereocenters. The highest BCUT2D eigenvalue weighted by atomic mass is 16.5. The topological polar surface area (TPSA) is 117 Å². The monoisotopic (exact) mass is 306 g/mol. The van der Waals surface area contributed by atoms with Gasteiger partial charge in [0.05, 0.1) is 13.0 Å². The maximum atomic E-state index is 11.6. The third-order valence-electron chi connectivity index (χ3n) is 3.16. The Morgan fingerprint density at radius 2 is 1.96 bits per heavy atom. The van der Waals surface area contributed by atoms with Gasteiger partial charge in [-0.25, -0.2) is 15.0 Å². The number of imidazole rings is 1. The summed E-state index contributed by atoms with van der Waals surface area (Å²) in [6.07, 6.45) is 1.82. The number of ether oxygens (including phenoxy) is 1. The first-order valence-corrected chi connectivity index (χ1v) is 6.80. The lowest BCUT2D eigenvalue weighted by atomic mass is 10.2. The molecule has 3 heterocycles. The molecule has 112 valence electrons. The molecule has 0 N–H and O–H groups in total. The molecular formula is C15H10N6O2. The van der Waals surface area contributed by atoms with Crippen molar-refractivity contribution in [2.24, 2.45) is 0 Å². The van der Waals surface area contributed by atoms with Crippen LogP contribution in [-0.4, -0.2) is 31.9 Å². The molecule has 0 spiro atoms. The van der Waals surface area contributed by atoms with Gasteiger partial charge in [-0.15, -0.1) is 0 Å². The Kier molecular flexibility index (Phi) is 3.57. The molecule has 0 fully saturated rings. The normalized spacial score (nSPS) is 10.4. The first-order chi connectivity index (χ1) is 11.2. The second-order valence-corrected chi connectivity index (χ2v) is 4.65. The van der Waals surface area contributed by atoms with Gasteiger partial charge in [0, 0.05) is 6.20 Å². The fourth-order valence-corrected chi connectivity index (χ4v) is 2.20. The standard InChI is InChI=1S/C15H10N6O2/c1-2-23-13(22)5-9-3-4-12-20-14-15(21(12)8-9)19-11(7-17)10(6-16)18-14/h3-4,8H,2,5H2,1H3. The number of hydrogen-bond donors (Lipinski definition) is 0. The first-order valence-electron chi connectivity index (χ1n) is 6.80. The number of hydrogen-bond acceptors (Lipinski definition) is 7. The van der Waals surface area contributed by atoms with Crippen molar-refractivity contribution in [2.75, 3.05) is 6.61 Å². The molecule has 0 bridgehead atoms. The Bertz CT molecular complexity index is 1010. The number of nitriles is 2. The fourth-order valence-electron chi connectivity index (χ4n) is 2.20. The van der Waals surface area contributed by atoms with Gasteiger partial charge in [0.15, 0.2) is 22.7 Å². The Hall–Kier alpha value is -3.52. The molecule has 0 unspecified atom stereocenters. The first kappa shape index (κ1) is 14.4. The summed E-state index contributed by atoms with van der Waals surface area (Å²) in [6.45, 7) is 2.07. The number of pyridine rings is 1. The maximum Gasteiger partial charge on any atom is 0.310 e. The van der Waals surface area contributed by atoms with Gasteiger partial charge in [0.2, 0.25) is 0 Å². The average molecular weight is 306 g/mol. The third-order valence-corrected chi connectivity index (χ3v) is 3.16. The molecule has 0 aliphatic rings. The highest BCUT2D eigenvalue weighted by molar-refractivity contribution is 5.76. The van der Waals surface area contributed by atoms with E-state index in [1.165, 1.54) is 0 Å². The Morgan fingerprint density at radius 3 is 2.65 bits per heavy atom. The van der Waals surface area contributed by atoms with Crippen LogP contribution >= 0.6 is 0 Å². The van der Waals surface area contributed by atoms with Gasteiger partial charge in [-0.3, -0.25) is 9.20 Å². The summed E-state index contributed by atoms with van der Waals surface area (Å²) in [6, 6.07) is 7.15. The second-order valence-electron chi connectivity index (χ2n) is 4.65. The van der Waals surface area contributed by atoms with Crippen LogP contribution in [0.5, 0.6) is 0 Å². The number of aromatic nitrogens is 4. The number of fused-ring (bicyclic) bond motifs is 3. The molecule has 0 aliphatic carbocycles. The van der Waals surface area contributed by atoms with Crippen LogP contribution in [0.3, 0.4) is 0 Å². The lowest BCUT2D eigenvalue weighted by Crippen LogP contribution is -2.08. The van der Waals surface area contributed by atoms with Gasteiger partial charge in [-0.2, -0.15) is 10.5 Å². The number of nitrogens with zero attached hydrogens (tertiary/aromatic N) is 6. The van der Waals surface area contributed by atoms with Crippen LogP contribution in [0.1, 0.15) is 23.9 Å². The molecule has 3 aromatic rings. The van der Waals surface area contributed by atoms with Gasteiger partial charge in [-0.1, -0.05) is 6.07 Å². The minimum absolute atomic E-state index is 0.0578. The minimum atomic E-state index is -0.327. The average Bonchev–Trinajstić information content (AvgIpc) is 2.90. The number of carbonyl (C=O) groups excluding carboxylic acids is 1. The van der Waals surface area contributed by atoms with Crippen molar-refractivity contribution in [2.45, 2.75) is 13.3 Å². The van der Waals surface area contributed by atoms with Gasteiger partial charge in [0.1, 0.15) is 17.8 Å². The predicted octanol–water partition coefficient (Wildman–Crippen LogP) is 1.13. The molecule has 3 rings (SSSR count). The fraction of sp³-hybridized carbons (Fsp3) is 0.200. The zero-order valence-corrected chi connectivity index (χ0v) is 12.1. The van der Waals surface area contributed by atoms with E-state index in [2.05, 4.69) is 15.0 Å². The van der Waals surface area contributed by atoms with Gasteiger partial charge >= 0.3 is 5.97 Å². The zero-order chi connectivity index (χ0) is 16.4. The van der Waals surface area contributed by atoms with Crippen molar-refractivity contribution in [1.29, 1.82) is 10.5 Å². The van der Waals surface area contributed by atoms with E-state index in [1.807, 2.05) is 12.1 Å². The summed E-state index contributed by atoms with van der Waals surface area (Å²) in [4.78, 5) is 24.0. The minimum Gasteiger partial charge on any atom is -0.466 e. The Morgan fingerprint density at radius 1 is 1.22 bits per heavy atom. The molecule has 8 nitrogen and oxygen atoms in total. The van der Waals surface area contributed by atoms with Crippen molar-refractivity contribution in [3.63, 3.8) is 0 Å². The van der Waals surface area contributed by atoms with Crippen LogP contribution < -0.4 is 0 Å². The van der Waals surface area contributed by atoms with Crippen LogP contribution in [0.25, 0.3) is 16.9 Å². The second kappa shape index (κ2) is 5.70. The third kappa shape index (κ3) is 2.54. The highest BCUT2D eigenvalue weighted by Crippen LogP contribution is 2.16. The summed E-state index contributed by atoms with van der Waals surface area (Å²) < 4.78 is 6.56. The van der Waals surface area contributed by atoms with Crippen molar-refractivity contribution in [1.82, 2.24) is 19.4 Å². The van der Waals surface area contributed by atoms with Crippen molar-refractivity contribution >= 4 is 22.9 Å². The van der Waals surface area contributed by atoms with Crippen LogP contribution in [0.2, 0.25) is 0 Å². The highest BCUT2D eigenvalue weighted by Gasteiger charge is 2.14. The zero-order valence-electron chi connectivity index (χ0n) is 12.1. The molecule has 23 heavy (non-hydrogen) atoms. The summed E-state index contributed by atoms with van der Waals surface area (Å²) in [5.74, 6) is -0.327. The Balaban J connectivity index is 2.14. The number of rotatable bonds is 3. The van der Waals surface area contributed by atoms with Crippen LogP contribution in [0, 0.1) is 22.7 Å². The van der Waals surface area contributed by atoms with Gasteiger partial charge in [0.25, 0.3) is 0 Å². The van der Waals surface area contributed by atoms with E-state index >= 15 is 0 Å². The molecule has 0 radical (unpaired) electrons. The van der Waals surface area contributed by atoms with Crippen molar-refractivity contribution < 1.29 is 9.53 Å². The molecule has 8 heteroatoms. The molecular weight excluding hydrogens is 296 g/mol. The van der Waals surface area contributed by atoms with Crippen LogP contribution in [0.4, 0.5) is 0 Å². The van der Waals surface area contributed by atoms with E-state index in [0.717, 1.165) is 5.56 Å². The molecule has 0 aromatic carbocycles. The van der Waals surface area contributed by atoms with E-state index in [9.17, 15) is 4.79 Å².